The van der Waals surface area contributed by atoms with E-state index in [4.69, 9.17) is 9.47 Å². The number of anilines is 1. The Labute approximate surface area is 194 Å². The quantitative estimate of drug-likeness (QED) is 0.620. The molecule has 2 aliphatic heterocycles. The van der Waals surface area contributed by atoms with Crippen LogP contribution in [0.15, 0.2) is 65.6 Å². The average molecular weight is 466 g/mol. The van der Waals surface area contributed by atoms with Gasteiger partial charge in [0.15, 0.2) is 0 Å². The predicted molar refractivity (Wildman–Crippen MR) is 127 cm³/mol. The fourth-order valence-corrected chi connectivity index (χ4v) is 7.11. The van der Waals surface area contributed by atoms with Gasteiger partial charge in [-0.3, -0.25) is 9.62 Å². The maximum Gasteiger partial charge on any atom is 0.261 e. The zero-order valence-electron chi connectivity index (χ0n) is 18.5. The first-order valence-electron chi connectivity index (χ1n) is 11.8. The number of rotatable bonds is 4. The number of hydrogen-bond acceptors (Lipinski definition) is 4. The molecule has 3 aliphatic rings. The first kappa shape index (κ1) is 21.0. The molecule has 1 saturated carbocycles. The smallest absolute Gasteiger partial charge is 0.261 e. The second-order valence-electron chi connectivity index (χ2n) is 9.31. The Morgan fingerprint density at radius 2 is 1.67 bits per heavy atom. The van der Waals surface area contributed by atoms with E-state index in [1.807, 2.05) is 36.4 Å². The number of sulfonamides is 1. The maximum absolute atomic E-state index is 13.2. The lowest BCUT2D eigenvalue weighted by Crippen LogP contribution is -3.23. The molecule has 2 atom stereocenters. The van der Waals surface area contributed by atoms with Crippen LogP contribution in [-0.2, 0) is 14.8 Å². The summed E-state index contributed by atoms with van der Waals surface area (Å²) >= 11 is 0. The molecule has 0 spiro atoms. The second-order valence-corrected chi connectivity index (χ2v) is 11.0. The minimum absolute atomic E-state index is 0.249. The van der Waals surface area contributed by atoms with Crippen molar-refractivity contribution in [2.24, 2.45) is 0 Å². The van der Waals surface area contributed by atoms with Gasteiger partial charge in [0.1, 0.15) is 18.8 Å². The van der Waals surface area contributed by atoms with Crippen molar-refractivity contribution in [2.45, 2.75) is 42.2 Å². The summed E-state index contributed by atoms with van der Waals surface area (Å²) in [4.78, 5) is 1.72. The van der Waals surface area contributed by atoms with Crippen molar-refractivity contribution in [1.29, 1.82) is 0 Å². The van der Waals surface area contributed by atoms with Gasteiger partial charge in [0.05, 0.1) is 29.7 Å². The molecule has 2 fully saturated rings. The molecule has 1 aliphatic carbocycles. The monoisotopic (exact) mass is 465 g/mol. The summed E-state index contributed by atoms with van der Waals surface area (Å²) < 4.78 is 41.8. The zero-order valence-corrected chi connectivity index (χ0v) is 19.4. The van der Waals surface area contributed by atoms with Crippen LogP contribution in [0, 0.1) is 0 Å². The summed E-state index contributed by atoms with van der Waals surface area (Å²) in [6, 6.07) is 18.5. The van der Waals surface area contributed by atoms with Crippen molar-refractivity contribution >= 4 is 26.5 Å². The standard InChI is InChI=1S/C26H28N2O4S/c29-33(30,19-8-2-1-3-9-19)27-24-18-22-23-12-6-7-13-26(23,28-14-16-31-17-15-28)32-25(22)21-11-5-4-10-20(21)24/h1-5,8-11,18,23,27H,6-7,12-17H2/p+1/t23-,26-/m1/s1. The minimum atomic E-state index is -3.70. The zero-order chi connectivity index (χ0) is 22.5. The Balaban J connectivity index is 1.48. The van der Waals surface area contributed by atoms with Gasteiger partial charge in [0.25, 0.3) is 10.0 Å². The molecule has 3 aromatic carbocycles. The van der Waals surface area contributed by atoms with Gasteiger partial charge in [0, 0.05) is 22.8 Å². The highest BCUT2D eigenvalue weighted by Crippen LogP contribution is 2.53. The van der Waals surface area contributed by atoms with Gasteiger partial charge in [-0.1, -0.05) is 48.9 Å². The van der Waals surface area contributed by atoms with Gasteiger partial charge in [-0.25, -0.2) is 8.42 Å². The average Bonchev–Trinajstić information content (AvgIpc) is 3.21. The van der Waals surface area contributed by atoms with Crippen LogP contribution in [0.5, 0.6) is 5.75 Å². The van der Waals surface area contributed by atoms with E-state index in [2.05, 4.69) is 4.72 Å². The molecule has 2 heterocycles. The molecule has 33 heavy (non-hydrogen) atoms. The van der Waals surface area contributed by atoms with Crippen molar-refractivity contribution in [3.63, 3.8) is 0 Å². The van der Waals surface area contributed by atoms with Gasteiger partial charge in [-0.15, -0.1) is 0 Å². The van der Waals surface area contributed by atoms with Gasteiger partial charge in [-0.2, -0.15) is 0 Å². The van der Waals surface area contributed by atoms with Crippen molar-refractivity contribution in [3.8, 4) is 5.75 Å². The Morgan fingerprint density at radius 1 is 0.939 bits per heavy atom. The van der Waals surface area contributed by atoms with Gasteiger partial charge >= 0.3 is 0 Å². The minimum Gasteiger partial charge on any atom is -0.439 e. The predicted octanol–water partition coefficient (Wildman–Crippen LogP) is 3.30. The maximum atomic E-state index is 13.2. The Bertz CT molecular complexity index is 1290. The van der Waals surface area contributed by atoms with Crippen molar-refractivity contribution < 1.29 is 22.8 Å². The summed E-state index contributed by atoms with van der Waals surface area (Å²) in [7, 11) is -3.70. The summed E-state index contributed by atoms with van der Waals surface area (Å²) in [5.74, 6) is 1.18. The van der Waals surface area contributed by atoms with E-state index in [0.717, 1.165) is 74.1 Å². The molecule has 0 aromatic heterocycles. The fraction of sp³-hybridized carbons (Fsp3) is 0.385. The highest BCUT2D eigenvalue weighted by molar-refractivity contribution is 7.92. The number of ether oxygens (including phenoxy) is 2. The molecule has 0 radical (unpaired) electrons. The van der Waals surface area contributed by atoms with Crippen LogP contribution in [0.2, 0.25) is 0 Å². The number of hydrogen-bond donors (Lipinski definition) is 2. The summed E-state index contributed by atoms with van der Waals surface area (Å²) in [6.45, 7) is 3.39. The normalized spacial score (nSPS) is 25.3. The molecule has 0 bridgehead atoms. The lowest BCUT2D eigenvalue weighted by molar-refractivity contribution is -0.982. The van der Waals surface area contributed by atoms with Crippen molar-refractivity contribution in [3.05, 3.63) is 66.2 Å². The largest absolute Gasteiger partial charge is 0.439 e. The van der Waals surface area contributed by atoms with E-state index in [1.54, 1.807) is 24.3 Å². The Kier molecular flexibility index (Phi) is 5.09. The van der Waals surface area contributed by atoms with E-state index in [1.165, 1.54) is 4.90 Å². The van der Waals surface area contributed by atoms with Crippen molar-refractivity contribution in [1.82, 2.24) is 0 Å². The number of nitrogens with one attached hydrogen (secondary N) is 2. The van der Waals surface area contributed by atoms with Gasteiger partial charge in [-0.05, 0) is 31.0 Å². The summed E-state index contributed by atoms with van der Waals surface area (Å²) in [5, 5.41) is 1.84. The first-order chi connectivity index (χ1) is 16.1. The number of fused-ring (bicyclic) bond motifs is 5. The fourth-order valence-electron chi connectivity index (χ4n) is 6.02. The first-order valence-corrected chi connectivity index (χ1v) is 13.3. The van der Waals surface area contributed by atoms with Crippen LogP contribution < -0.4 is 14.4 Å². The van der Waals surface area contributed by atoms with E-state index in [0.29, 0.717) is 5.69 Å². The highest BCUT2D eigenvalue weighted by atomic mass is 32.2. The number of morpholine rings is 1. The Hall–Kier alpha value is -2.61. The molecule has 1 saturated heterocycles. The van der Waals surface area contributed by atoms with Crippen molar-refractivity contribution in [2.75, 3.05) is 31.0 Å². The number of quaternary nitrogens is 1. The van der Waals surface area contributed by atoms with Gasteiger partial charge < -0.3 is 9.47 Å². The summed E-state index contributed by atoms with van der Waals surface area (Å²) in [5.41, 5.74) is 1.47. The molecule has 2 N–H and O–H groups in total. The molecule has 7 heteroatoms. The van der Waals surface area contributed by atoms with Crippen LogP contribution in [0.1, 0.15) is 37.2 Å². The molecule has 6 nitrogen and oxygen atoms in total. The number of benzene rings is 3. The molecular formula is C26H29N2O4S+. The van der Waals surface area contributed by atoms with E-state index in [9.17, 15) is 8.42 Å². The molecule has 0 amide bonds. The molecule has 0 unspecified atom stereocenters. The topological polar surface area (TPSA) is 69.1 Å². The molecule has 6 rings (SSSR count). The highest BCUT2D eigenvalue weighted by Gasteiger charge is 2.57. The van der Waals surface area contributed by atoms with Crippen LogP contribution in [-0.4, -0.2) is 40.4 Å². The molecular weight excluding hydrogens is 436 g/mol. The van der Waals surface area contributed by atoms with E-state index >= 15 is 0 Å². The Morgan fingerprint density at radius 3 is 2.45 bits per heavy atom. The van der Waals surface area contributed by atoms with Gasteiger partial charge in [0.2, 0.25) is 5.72 Å². The third-order valence-corrected chi connectivity index (χ3v) is 8.91. The van der Waals surface area contributed by atoms with E-state index < -0.39 is 10.0 Å². The third-order valence-electron chi connectivity index (χ3n) is 7.53. The van der Waals surface area contributed by atoms with E-state index in [-0.39, 0.29) is 16.5 Å². The van der Waals surface area contributed by atoms with Crippen LogP contribution in [0.3, 0.4) is 0 Å². The molecule has 3 aromatic rings. The lowest BCUT2D eigenvalue weighted by atomic mass is 9.77. The van der Waals surface area contributed by atoms with Crippen LogP contribution in [0.4, 0.5) is 5.69 Å². The van der Waals surface area contributed by atoms with Crippen LogP contribution in [0.25, 0.3) is 10.8 Å². The lowest BCUT2D eigenvalue weighted by Gasteiger charge is -2.44. The van der Waals surface area contributed by atoms with Crippen LogP contribution >= 0.6 is 0 Å². The SMILES string of the molecule is O=S(=O)(Nc1cc2c(c3ccccc13)O[C@]1([NH+]3CCOCC3)CCCC[C@H]21)c1ccccc1. The third kappa shape index (κ3) is 3.41. The summed E-state index contributed by atoms with van der Waals surface area (Å²) in [6.07, 6.45) is 4.39. The second kappa shape index (κ2) is 8.01. The molecule has 172 valence electrons.